The fourth-order valence-electron chi connectivity index (χ4n) is 2.65. The van der Waals surface area contributed by atoms with Crippen molar-refractivity contribution in [2.75, 3.05) is 0 Å². The van der Waals surface area contributed by atoms with Crippen LogP contribution in [-0.2, 0) is 0 Å². The lowest BCUT2D eigenvalue weighted by atomic mass is 10.0. The molecule has 0 unspecified atom stereocenters. The molecular weight excluding hydrogens is 329 g/mol. The molecule has 3 aromatic rings. The molecule has 2 aromatic carbocycles. The van der Waals surface area contributed by atoms with Gasteiger partial charge in [0.15, 0.2) is 0 Å². The van der Waals surface area contributed by atoms with Gasteiger partial charge in [0.25, 0.3) is 0 Å². The molecule has 0 aliphatic carbocycles. The molecule has 0 atom stereocenters. The van der Waals surface area contributed by atoms with Gasteiger partial charge in [-0.25, -0.2) is 4.68 Å². The number of rotatable bonds is 3. The van der Waals surface area contributed by atoms with Gasteiger partial charge in [-0.15, -0.1) is 13.2 Å². The van der Waals surface area contributed by atoms with Crippen LogP contribution in [-0.4, -0.2) is 16.1 Å². The zero-order valence-electron chi connectivity index (χ0n) is 14.1. The number of ether oxygens (including phenoxy) is 1. The summed E-state index contributed by atoms with van der Waals surface area (Å²) in [4.78, 5) is 0. The van der Waals surface area contributed by atoms with Crippen molar-refractivity contribution in [3.8, 4) is 22.6 Å². The second kappa shape index (κ2) is 6.27. The minimum absolute atomic E-state index is 0.189. The quantitative estimate of drug-likeness (QED) is 0.638. The predicted molar refractivity (Wildman–Crippen MR) is 89.9 cm³/mol. The minimum atomic E-state index is -4.69. The normalized spacial score (nSPS) is 11.6. The number of hydrogen-bond donors (Lipinski definition) is 0. The van der Waals surface area contributed by atoms with Gasteiger partial charge in [-0.05, 0) is 67.3 Å². The highest BCUT2D eigenvalue weighted by atomic mass is 19.4. The summed E-state index contributed by atoms with van der Waals surface area (Å²) in [6, 6.07) is 12.4. The Balaban J connectivity index is 1.98. The van der Waals surface area contributed by atoms with Crippen LogP contribution in [0.25, 0.3) is 16.8 Å². The molecule has 0 spiro atoms. The summed E-state index contributed by atoms with van der Waals surface area (Å²) in [7, 11) is 0. The standard InChI is InChI=1S/C19H17F3N2O/c1-12-4-5-16(11-17(12)24-9-8-14(3)23-24)15-6-7-18(13(2)10-15)25-19(20,21)22/h4-11H,1-3H3. The second-order valence-electron chi connectivity index (χ2n) is 5.93. The molecule has 0 saturated carbocycles. The first-order valence-electron chi connectivity index (χ1n) is 7.73. The van der Waals surface area contributed by atoms with Crippen LogP contribution in [0.3, 0.4) is 0 Å². The molecular formula is C19H17F3N2O. The summed E-state index contributed by atoms with van der Waals surface area (Å²) in [5.41, 5.74) is 5.04. The lowest BCUT2D eigenvalue weighted by molar-refractivity contribution is -0.274. The van der Waals surface area contributed by atoms with Crippen molar-refractivity contribution in [1.29, 1.82) is 0 Å². The van der Waals surface area contributed by atoms with E-state index in [1.807, 2.05) is 44.3 Å². The molecule has 0 radical (unpaired) electrons. The summed E-state index contributed by atoms with van der Waals surface area (Å²) >= 11 is 0. The molecule has 3 rings (SSSR count). The average Bonchev–Trinajstić information content (AvgIpc) is 2.95. The van der Waals surface area contributed by atoms with E-state index in [4.69, 9.17) is 0 Å². The summed E-state index contributed by atoms with van der Waals surface area (Å²) in [6.07, 6.45) is -2.81. The third-order valence-electron chi connectivity index (χ3n) is 3.91. The number of benzene rings is 2. The molecule has 0 fully saturated rings. The highest BCUT2D eigenvalue weighted by molar-refractivity contribution is 5.69. The lowest BCUT2D eigenvalue weighted by Gasteiger charge is -2.13. The van der Waals surface area contributed by atoms with Gasteiger partial charge in [0.2, 0.25) is 0 Å². The highest BCUT2D eigenvalue weighted by Gasteiger charge is 2.31. The van der Waals surface area contributed by atoms with Gasteiger partial charge >= 0.3 is 6.36 Å². The van der Waals surface area contributed by atoms with Crippen LogP contribution < -0.4 is 4.74 Å². The number of alkyl halides is 3. The predicted octanol–water partition coefficient (Wildman–Crippen LogP) is 5.36. The van der Waals surface area contributed by atoms with Gasteiger partial charge in [-0.1, -0.05) is 18.2 Å². The van der Waals surface area contributed by atoms with Crippen molar-refractivity contribution >= 4 is 0 Å². The molecule has 0 N–H and O–H groups in total. The topological polar surface area (TPSA) is 27.1 Å². The van der Waals surface area contributed by atoms with Crippen LogP contribution in [0, 0.1) is 20.8 Å². The van der Waals surface area contributed by atoms with E-state index in [2.05, 4.69) is 9.84 Å². The molecule has 0 bridgehead atoms. The Morgan fingerprint density at radius 2 is 1.56 bits per heavy atom. The third-order valence-corrected chi connectivity index (χ3v) is 3.91. The van der Waals surface area contributed by atoms with Crippen molar-refractivity contribution in [2.45, 2.75) is 27.1 Å². The van der Waals surface area contributed by atoms with Crippen molar-refractivity contribution < 1.29 is 17.9 Å². The molecule has 3 nitrogen and oxygen atoms in total. The van der Waals surface area contributed by atoms with E-state index < -0.39 is 6.36 Å². The summed E-state index contributed by atoms with van der Waals surface area (Å²) in [5, 5.41) is 4.42. The zero-order valence-corrected chi connectivity index (χ0v) is 14.1. The Labute approximate surface area is 143 Å². The van der Waals surface area contributed by atoms with E-state index in [9.17, 15) is 13.2 Å². The van der Waals surface area contributed by atoms with Crippen molar-refractivity contribution in [3.63, 3.8) is 0 Å². The monoisotopic (exact) mass is 346 g/mol. The lowest BCUT2D eigenvalue weighted by Crippen LogP contribution is -2.17. The Hall–Kier alpha value is -2.76. The SMILES string of the molecule is Cc1ccn(-c2cc(-c3ccc(OC(F)(F)F)c(C)c3)ccc2C)n1. The molecule has 1 aromatic heterocycles. The van der Waals surface area contributed by atoms with Crippen molar-refractivity contribution in [3.05, 3.63) is 65.5 Å². The van der Waals surface area contributed by atoms with Crippen LogP contribution in [0.5, 0.6) is 5.75 Å². The van der Waals surface area contributed by atoms with Crippen molar-refractivity contribution in [2.24, 2.45) is 0 Å². The molecule has 0 aliphatic heterocycles. The first-order chi connectivity index (χ1) is 11.7. The van der Waals surface area contributed by atoms with E-state index in [1.54, 1.807) is 23.7 Å². The first kappa shape index (κ1) is 17.1. The number of aryl methyl sites for hydroxylation is 3. The van der Waals surface area contributed by atoms with Gasteiger partial charge in [0.05, 0.1) is 11.4 Å². The maximum atomic E-state index is 12.4. The number of hydrogen-bond acceptors (Lipinski definition) is 2. The fourth-order valence-corrected chi connectivity index (χ4v) is 2.65. The van der Waals surface area contributed by atoms with Crippen LogP contribution in [0.15, 0.2) is 48.7 Å². The fraction of sp³-hybridized carbons (Fsp3) is 0.211. The van der Waals surface area contributed by atoms with E-state index in [-0.39, 0.29) is 5.75 Å². The maximum Gasteiger partial charge on any atom is 0.573 e. The van der Waals surface area contributed by atoms with Gasteiger partial charge in [0.1, 0.15) is 5.75 Å². The molecule has 0 aliphatic rings. The van der Waals surface area contributed by atoms with Gasteiger partial charge in [0, 0.05) is 6.20 Å². The molecule has 25 heavy (non-hydrogen) atoms. The molecule has 6 heteroatoms. The van der Waals surface area contributed by atoms with Gasteiger partial charge < -0.3 is 4.74 Å². The Bertz CT molecular complexity index is 913. The molecule has 130 valence electrons. The molecule has 1 heterocycles. The first-order valence-corrected chi connectivity index (χ1v) is 7.73. The number of aromatic nitrogens is 2. The Morgan fingerprint density at radius 3 is 2.16 bits per heavy atom. The van der Waals surface area contributed by atoms with Crippen LogP contribution in [0.1, 0.15) is 16.8 Å². The summed E-state index contributed by atoms with van der Waals surface area (Å²) in [5.74, 6) is -0.189. The van der Waals surface area contributed by atoms with Crippen molar-refractivity contribution in [1.82, 2.24) is 9.78 Å². The Morgan fingerprint density at radius 1 is 0.880 bits per heavy atom. The van der Waals surface area contributed by atoms with Gasteiger partial charge in [-0.3, -0.25) is 0 Å². The van der Waals surface area contributed by atoms with E-state index >= 15 is 0 Å². The number of halogens is 3. The van der Waals surface area contributed by atoms with Gasteiger partial charge in [-0.2, -0.15) is 5.10 Å². The van der Waals surface area contributed by atoms with E-state index in [1.165, 1.54) is 6.07 Å². The smallest absolute Gasteiger partial charge is 0.406 e. The second-order valence-corrected chi connectivity index (χ2v) is 5.93. The largest absolute Gasteiger partial charge is 0.573 e. The number of nitrogens with zero attached hydrogens (tertiary/aromatic N) is 2. The Kier molecular flexibility index (Phi) is 4.29. The average molecular weight is 346 g/mol. The van der Waals surface area contributed by atoms with Crippen LogP contribution >= 0.6 is 0 Å². The van der Waals surface area contributed by atoms with Crippen LogP contribution in [0.4, 0.5) is 13.2 Å². The third kappa shape index (κ3) is 3.84. The van der Waals surface area contributed by atoms with E-state index in [0.717, 1.165) is 28.1 Å². The zero-order chi connectivity index (χ0) is 18.2. The summed E-state index contributed by atoms with van der Waals surface area (Å²) < 4.78 is 43.0. The van der Waals surface area contributed by atoms with E-state index in [0.29, 0.717) is 5.56 Å². The summed E-state index contributed by atoms with van der Waals surface area (Å²) in [6.45, 7) is 5.50. The van der Waals surface area contributed by atoms with Crippen LogP contribution in [0.2, 0.25) is 0 Å². The molecule has 0 saturated heterocycles. The minimum Gasteiger partial charge on any atom is -0.406 e. The maximum absolute atomic E-state index is 12.4. The molecule has 0 amide bonds. The highest BCUT2D eigenvalue weighted by Crippen LogP contribution is 2.31.